The highest BCUT2D eigenvalue weighted by Gasteiger charge is 2.45. The van der Waals surface area contributed by atoms with Crippen LogP contribution >= 0.6 is 11.3 Å². The maximum absolute atomic E-state index is 4.76. The number of hydrogen-bond donors (Lipinski definition) is 2. The Morgan fingerprint density at radius 3 is 3.06 bits per heavy atom. The summed E-state index contributed by atoms with van der Waals surface area (Å²) in [6.45, 7) is 1.04. The molecular formula is C12H15N3S. The van der Waals surface area contributed by atoms with Gasteiger partial charge in [-0.3, -0.25) is 0 Å². The summed E-state index contributed by atoms with van der Waals surface area (Å²) in [5, 5.41) is 6.61. The van der Waals surface area contributed by atoms with Crippen LogP contribution in [-0.4, -0.2) is 23.6 Å². The van der Waals surface area contributed by atoms with Gasteiger partial charge in [-0.25, -0.2) is 4.98 Å². The smallest absolute Gasteiger partial charge is 0.125 e. The van der Waals surface area contributed by atoms with Crippen molar-refractivity contribution < 1.29 is 0 Å². The van der Waals surface area contributed by atoms with Crippen LogP contribution in [-0.2, 0) is 5.41 Å². The normalized spacial score (nSPS) is 17.6. The van der Waals surface area contributed by atoms with Gasteiger partial charge in [0.15, 0.2) is 0 Å². The molecule has 1 aliphatic carbocycles. The van der Waals surface area contributed by atoms with Gasteiger partial charge in [-0.15, -0.1) is 11.3 Å². The largest absolute Gasteiger partial charge is 0.367 e. The maximum atomic E-state index is 4.76. The number of H-pyrrole nitrogens is 1. The number of aromatic nitrogens is 2. The lowest BCUT2D eigenvalue weighted by Crippen LogP contribution is -2.23. The number of rotatable bonds is 4. The van der Waals surface area contributed by atoms with Crippen molar-refractivity contribution in [3.8, 4) is 10.6 Å². The zero-order valence-electron chi connectivity index (χ0n) is 9.29. The van der Waals surface area contributed by atoms with Crippen molar-refractivity contribution >= 4 is 11.3 Å². The van der Waals surface area contributed by atoms with Gasteiger partial charge in [-0.05, 0) is 26.0 Å². The minimum absolute atomic E-state index is 0.333. The number of likely N-dealkylation sites (N-methyl/N-ethyl adjacent to an activating group) is 1. The molecular weight excluding hydrogens is 218 g/mol. The lowest BCUT2D eigenvalue weighted by Gasteiger charge is -2.10. The zero-order chi connectivity index (χ0) is 11.0. The molecule has 0 aliphatic heterocycles. The van der Waals surface area contributed by atoms with Crippen LogP contribution in [0.5, 0.6) is 0 Å². The average Bonchev–Trinajstić information content (AvgIpc) is 2.76. The molecule has 4 heteroatoms. The maximum Gasteiger partial charge on any atom is 0.125 e. The Bertz CT molecular complexity index is 468. The Labute approximate surface area is 98.9 Å². The summed E-state index contributed by atoms with van der Waals surface area (Å²) in [5.41, 5.74) is 2.79. The predicted molar refractivity (Wildman–Crippen MR) is 66.7 cm³/mol. The minimum Gasteiger partial charge on any atom is -0.367 e. The van der Waals surface area contributed by atoms with Crippen LogP contribution in [0.15, 0.2) is 23.8 Å². The first-order valence-electron chi connectivity index (χ1n) is 5.58. The van der Waals surface area contributed by atoms with Crippen molar-refractivity contribution in [1.29, 1.82) is 0 Å². The second-order valence-electron chi connectivity index (χ2n) is 4.45. The molecule has 2 aromatic rings. The van der Waals surface area contributed by atoms with Gasteiger partial charge in [0, 0.05) is 35.3 Å². The molecule has 3 nitrogen and oxygen atoms in total. The van der Waals surface area contributed by atoms with Gasteiger partial charge >= 0.3 is 0 Å². The number of thiazole rings is 1. The van der Waals surface area contributed by atoms with Crippen LogP contribution in [0.1, 0.15) is 18.5 Å². The molecule has 0 amide bonds. The van der Waals surface area contributed by atoms with Crippen LogP contribution in [0, 0.1) is 0 Å². The van der Waals surface area contributed by atoms with E-state index in [-0.39, 0.29) is 0 Å². The summed E-state index contributed by atoms with van der Waals surface area (Å²) in [5.74, 6) is 0. The lowest BCUT2D eigenvalue weighted by atomic mass is 10.0. The van der Waals surface area contributed by atoms with Crippen molar-refractivity contribution in [1.82, 2.24) is 15.3 Å². The molecule has 2 N–H and O–H groups in total. The average molecular weight is 233 g/mol. The van der Waals surface area contributed by atoms with Gasteiger partial charge in [0.2, 0.25) is 0 Å². The highest BCUT2D eigenvalue weighted by molar-refractivity contribution is 7.13. The van der Waals surface area contributed by atoms with E-state index in [4.69, 9.17) is 4.98 Å². The third-order valence-corrected chi connectivity index (χ3v) is 4.15. The van der Waals surface area contributed by atoms with Crippen LogP contribution in [0.25, 0.3) is 10.6 Å². The first kappa shape index (κ1) is 10.1. The number of nitrogens with zero attached hydrogens (tertiary/aromatic N) is 1. The number of nitrogens with one attached hydrogen (secondary N) is 2. The first-order chi connectivity index (χ1) is 7.84. The van der Waals surface area contributed by atoms with E-state index in [9.17, 15) is 0 Å². The Balaban J connectivity index is 1.88. The van der Waals surface area contributed by atoms with E-state index in [2.05, 4.69) is 21.7 Å². The van der Waals surface area contributed by atoms with Crippen molar-refractivity contribution in [3.05, 3.63) is 29.5 Å². The molecule has 1 aliphatic rings. The van der Waals surface area contributed by atoms with Gasteiger partial charge in [0.25, 0.3) is 0 Å². The molecule has 84 valence electrons. The lowest BCUT2D eigenvalue weighted by molar-refractivity contribution is 0.611. The summed E-state index contributed by atoms with van der Waals surface area (Å²) < 4.78 is 0. The van der Waals surface area contributed by atoms with E-state index in [1.807, 2.05) is 19.4 Å². The fourth-order valence-electron chi connectivity index (χ4n) is 2.12. The van der Waals surface area contributed by atoms with E-state index in [0.717, 1.165) is 11.6 Å². The van der Waals surface area contributed by atoms with Crippen LogP contribution in [0.3, 0.4) is 0 Å². The van der Waals surface area contributed by atoms with Crippen LogP contribution in [0.4, 0.5) is 0 Å². The number of aromatic amines is 1. The van der Waals surface area contributed by atoms with Crippen molar-refractivity contribution in [2.45, 2.75) is 18.3 Å². The summed E-state index contributed by atoms with van der Waals surface area (Å²) in [6, 6.07) is 2.07. The van der Waals surface area contributed by atoms with E-state index in [0.29, 0.717) is 5.41 Å². The van der Waals surface area contributed by atoms with E-state index >= 15 is 0 Å². The monoisotopic (exact) mass is 233 g/mol. The molecule has 0 atom stereocenters. The highest BCUT2D eigenvalue weighted by atomic mass is 32.1. The Hall–Kier alpha value is -1.13. The predicted octanol–water partition coefficient (Wildman–Crippen LogP) is 2.39. The minimum atomic E-state index is 0.333. The molecule has 1 fully saturated rings. The fraction of sp³-hybridized carbons (Fsp3) is 0.417. The van der Waals surface area contributed by atoms with Gasteiger partial charge in [-0.1, -0.05) is 0 Å². The fourth-order valence-corrected chi connectivity index (χ4v) is 3.06. The third-order valence-electron chi connectivity index (χ3n) is 3.26. The molecule has 16 heavy (non-hydrogen) atoms. The molecule has 0 unspecified atom stereocenters. The van der Waals surface area contributed by atoms with Gasteiger partial charge in [-0.2, -0.15) is 0 Å². The Morgan fingerprint density at radius 1 is 1.56 bits per heavy atom. The van der Waals surface area contributed by atoms with Gasteiger partial charge in [0.05, 0.1) is 5.69 Å². The quantitative estimate of drug-likeness (QED) is 0.851. The highest BCUT2D eigenvalue weighted by Crippen LogP contribution is 2.48. The molecule has 0 radical (unpaired) electrons. The van der Waals surface area contributed by atoms with Crippen molar-refractivity contribution in [2.75, 3.05) is 13.6 Å². The zero-order valence-corrected chi connectivity index (χ0v) is 10.1. The van der Waals surface area contributed by atoms with Gasteiger partial charge in [0.1, 0.15) is 5.01 Å². The second-order valence-corrected chi connectivity index (χ2v) is 5.31. The molecule has 2 heterocycles. The Kier molecular flexibility index (Phi) is 2.33. The number of hydrogen-bond acceptors (Lipinski definition) is 3. The Morgan fingerprint density at radius 2 is 2.44 bits per heavy atom. The molecule has 2 aromatic heterocycles. The van der Waals surface area contributed by atoms with Crippen LogP contribution in [0.2, 0.25) is 0 Å². The summed E-state index contributed by atoms with van der Waals surface area (Å²) in [4.78, 5) is 7.84. The van der Waals surface area contributed by atoms with Crippen molar-refractivity contribution in [2.24, 2.45) is 0 Å². The summed E-state index contributed by atoms with van der Waals surface area (Å²) in [7, 11) is 2.01. The molecule has 0 saturated heterocycles. The standard InChI is InChI=1S/C12H15N3S/c1-13-8-12(3-4-12)10-7-16-11(15-10)9-2-5-14-6-9/h2,5-7,13-14H,3-4,8H2,1H3. The molecule has 0 aromatic carbocycles. The molecule has 3 rings (SSSR count). The second kappa shape index (κ2) is 3.71. The SMILES string of the molecule is CNCC1(c2csc(-c3cc[nH]c3)n2)CC1. The summed E-state index contributed by atoms with van der Waals surface area (Å²) >= 11 is 1.74. The third kappa shape index (κ3) is 1.58. The van der Waals surface area contributed by atoms with Gasteiger partial charge < -0.3 is 10.3 Å². The van der Waals surface area contributed by atoms with E-state index in [1.165, 1.54) is 24.1 Å². The first-order valence-corrected chi connectivity index (χ1v) is 6.46. The molecule has 1 saturated carbocycles. The molecule has 0 spiro atoms. The van der Waals surface area contributed by atoms with Crippen LogP contribution < -0.4 is 5.32 Å². The van der Waals surface area contributed by atoms with Crippen molar-refractivity contribution in [3.63, 3.8) is 0 Å². The molecule has 0 bridgehead atoms. The van der Waals surface area contributed by atoms with E-state index < -0.39 is 0 Å². The van der Waals surface area contributed by atoms with E-state index in [1.54, 1.807) is 11.3 Å². The topological polar surface area (TPSA) is 40.7 Å². The summed E-state index contributed by atoms with van der Waals surface area (Å²) in [6.07, 6.45) is 6.48.